The van der Waals surface area contributed by atoms with Gasteiger partial charge < -0.3 is 9.80 Å². The van der Waals surface area contributed by atoms with E-state index in [1.54, 1.807) is 24.5 Å². The second-order valence-corrected chi connectivity index (χ2v) is 8.78. The van der Waals surface area contributed by atoms with Gasteiger partial charge >= 0.3 is 0 Å². The van der Waals surface area contributed by atoms with Gasteiger partial charge in [0.1, 0.15) is 0 Å². The summed E-state index contributed by atoms with van der Waals surface area (Å²) in [4.78, 5) is 34.8. The smallest absolute Gasteiger partial charge is 0.254 e. The molecule has 2 fully saturated rings. The van der Waals surface area contributed by atoms with Crippen LogP contribution in [-0.2, 0) is 16.8 Å². The van der Waals surface area contributed by atoms with Crippen molar-refractivity contribution in [2.24, 2.45) is 0 Å². The summed E-state index contributed by atoms with van der Waals surface area (Å²) in [6.07, 6.45) is 5.35. The zero-order valence-corrected chi connectivity index (χ0v) is 18.1. The molecule has 2 aromatic carbocycles. The lowest BCUT2D eigenvalue weighted by Crippen LogP contribution is -2.45. The van der Waals surface area contributed by atoms with Crippen molar-refractivity contribution in [3.05, 3.63) is 102 Å². The number of benzene rings is 2. The highest BCUT2D eigenvalue weighted by Gasteiger charge is 2.52. The molecule has 0 aliphatic carbocycles. The number of rotatable bonds is 4. The van der Waals surface area contributed by atoms with Crippen molar-refractivity contribution in [2.45, 2.75) is 37.3 Å². The van der Waals surface area contributed by atoms with Crippen molar-refractivity contribution >= 4 is 11.8 Å². The SMILES string of the molecule is O=C1C[C@@H]2N(C(=O)c3ccncc3)CC[C@@]2(c2ccccc2)CCN1Cc1ccccc1. The molecule has 32 heavy (non-hydrogen) atoms. The van der Waals surface area contributed by atoms with Gasteiger partial charge in [0.2, 0.25) is 5.91 Å². The number of carbonyl (C=O) groups excluding carboxylic acids is 2. The molecule has 3 aromatic rings. The highest BCUT2D eigenvalue weighted by atomic mass is 16.2. The molecule has 0 radical (unpaired) electrons. The number of hydrogen-bond acceptors (Lipinski definition) is 3. The van der Waals surface area contributed by atoms with Crippen LogP contribution in [0.5, 0.6) is 0 Å². The summed E-state index contributed by atoms with van der Waals surface area (Å²) in [6.45, 7) is 1.96. The number of likely N-dealkylation sites (tertiary alicyclic amines) is 2. The number of pyridine rings is 1. The molecule has 2 amide bonds. The van der Waals surface area contributed by atoms with Crippen molar-refractivity contribution in [1.82, 2.24) is 14.8 Å². The summed E-state index contributed by atoms with van der Waals surface area (Å²) in [5.41, 5.74) is 2.77. The summed E-state index contributed by atoms with van der Waals surface area (Å²) in [6, 6.07) is 23.9. The Bertz CT molecular complexity index is 1090. The quantitative estimate of drug-likeness (QED) is 0.634. The van der Waals surface area contributed by atoms with Crippen LogP contribution in [0.3, 0.4) is 0 Å². The van der Waals surface area contributed by atoms with Crippen molar-refractivity contribution in [3.8, 4) is 0 Å². The van der Waals surface area contributed by atoms with E-state index in [-0.39, 0.29) is 23.3 Å². The monoisotopic (exact) mass is 425 g/mol. The van der Waals surface area contributed by atoms with Crippen LogP contribution in [0.1, 0.15) is 40.7 Å². The molecule has 0 saturated carbocycles. The fourth-order valence-corrected chi connectivity index (χ4v) is 5.42. The van der Waals surface area contributed by atoms with Crippen LogP contribution in [0.2, 0.25) is 0 Å². The van der Waals surface area contributed by atoms with Crippen LogP contribution in [-0.4, -0.2) is 45.7 Å². The Morgan fingerprint density at radius 2 is 1.56 bits per heavy atom. The molecule has 0 unspecified atom stereocenters. The Balaban J connectivity index is 1.49. The zero-order valence-electron chi connectivity index (χ0n) is 18.1. The van der Waals surface area contributed by atoms with Gasteiger partial charge in [0, 0.05) is 49.4 Å². The largest absolute Gasteiger partial charge is 0.338 e. The van der Waals surface area contributed by atoms with Gasteiger partial charge in [0.05, 0.1) is 6.04 Å². The maximum Gasteiger partial charge on any atom is 0.254 e. The van der Waals surface area contributed by atoms with E-state index in [0.29, 0.717) is 31.6 Å². The average Bonchev–Trinajstić information content (AvgIpc) is 3.15. The van der Waals surface area contributed by atoms with Gasteiger partial charge in [0.25, 0.3) is 5.91 Å². The standard InChI is InChI=1S/C27H27N3O2/c31-25-19-24-27(23-9-5-2-6-10-23,13-17-29(25)20-21-7-3-1-4-8-21)14-18-30(24)26(32)22-11-15-28-16-12-22/h1-12,15-16,24H,13-14,17-20H2/t24-,27+/m0/s1. The molecule has 0 bridgehead atoms. The molecule has 5 nitrogen and oxygen atoms in total. The Morgan fingerprint density at radius 3 is 2.28 bits per heavy atom. The molecule has 5 rings (SSSR count). The van der Waals surface area contributed by atoms with Crippen LogP contribution in [0.4, 0.5) is 0 Å². The van der Waals surface area contributed by atoms with Crippen LogP contribution in [0, 0.1) is 0 Å². The second-order valence-electron chi connectivity index (χ2n) is 8.78. The van der Waals surface area contributed by atoms with Gasteiger partial charge in [-0.05, 0) is 36.1 Å². The first-order valence-electron chi connectivity index (χ1n) is 11.3. The third kappa shape index (κ3) is 3.68. The minimum atomic E-state index is -0.217. The van der Waals surface area contributed by atoms with Gasteiger partial charge in [-0.25, -0.2) is 0 Å². The molecule has 3 heterocycles. The van der Waals surface area contributed by atoms with E-state index in [0.717, 1.165) is 18.4 Å². The predicted molar refractivity (Wildman–Crippen MR) is 123 cm³/mol. The highest BCUT2D eigenvalue weighted by Crippen LogP contribution is 2.46. The van der Waals surface area contributed by atoms with Gasteiger partial charge in [-0.2, -0.15) is 0 Å². The Morgan fingerprint density at radius 1 is 0.906 bits per heavy atom. The van der Waals surface area contributed by atoms with Crippen LogP contribution in [0.15, 0.2) is 85.2 Å². The molecular formula is C27H27N3O2. The fourth-order valence-electron chi connectivity index (χ4n) is 5.42. The second kappa shape index (κ2) is 8.58. The number of amides is 2. The van der Waals surface area contributed by atoms with Gasteiger partial charge in [0.15, 0.2) is 0 Å². The summed E-state index contributed by atoms with van der Waals surface area (Å²) in [7, 11) is 0. The number of nitrogens with zero attached hydrogens (tertiary/aromatic N) is 3. The maximum absolute atomic E-state index is 13.4. The van der Waals surface area contributed by atoms with E-state index in [9.17, 15) is 9.59 Å². The van der Waals surface area contributed by atoms with Gasteiger partial charge in [-0.15, -0.1) is 0 Å². The average molecular weight is 426 g/mol. The minimum Gasteiger partial charge on any atom is -0.338 e. The molecule has 2 saturated heterocycles. The topological polar surface area (TPSA) is 53.5 Å². The first kappa shape index (κ1) is 20.4. The fraction of sp³-hybridized carbons (Fsp3) is 0.296. The zero-order chi connectivity index (χ0) is 22.0. The van der Waals surface area contributed by atoms with Gasteiger partial charge in [-0.1, -0.05) is 60.7 Å². The van der Waals surface area contributed by atoms with E-state index in [1.165, 1.54) is 5.56 Å². The first-order chi connectivity index (χ1) is 15.7. The molecule has 162 valence electrons. The molecule has 1 aromatic heterocycles. The van der Waals surface area contributed by atoms with Crippen molar-refractivity contribution in [2.75, 3.05) is 13.1 Å². The third-order valence-electron chi connectivity index (χ3n) is 7.11. The number of hydrogen-bond donors (Lipinski definition) is 0. The normalized spacial score (nSPS) is 23.0. The van der Waals surface area contributed by atoms with Crippen LogP contribution >= 0.6 is 0 Å². The van der Waals surface area contributed by atoms with Crippen molar-refractivity contribution in [1.29, 1.82) is 0 Å². The predicted octanol–water partition coefficient (Wildman–Crippen LogP) is 4.06. The van der Waals surface area contributed by atoms with E-state index < -0.39 is 0 Å². The third-order valence-corrected chi connectivity index (χ3v) is 7.11. The summed E-state index contributed by atoms with van der Waals surface area (Å²) in [5, 5.41) is 0. The molecule has 2 aliphatic rings. The Labute approximate surface area is 188 Å². The molecule has 5 heteroatoms. The lowest BCUT2D eigenvalue weighted by atomic mass is 9.71. The molecule has 2 aliphatic heterocycles. The first-order valence-corrected chi connectivity index (χ1v) is 11.3. The van der Waals surface area contributed by atoms with E-state index in [1.807, 2.05) is 34.1 Å². The van der Waals surface area contributed by atoms with Crippen LogP contribution < -0.4 is 0 Å². The van der Waals surface area contributed by atoms with E-state index in [4.69, 9.17) is 0 Å². The summed E-state index contributed by atoms with van der Waals surface area (Å²) >= 11 is 0. The number of carbonyl (C=O) groups is 2. The number of fused-ring (bicyclic) bond motifs is 1. The lowest BCUT2D eigenvalue weighted by molar-refractivity contribution is -0.131. The van der Waals surface area contributed by atoms with Crippen molar-refractivity contribution in [3.63, 3.8) is 0 Å². The number of aromatic nitrogens is 1. The summed E-state index contributed by atoms with van der Waals surface area (Å²) in [5.74, 6) is 0.102. The molecule has 0 N–H and O–H groups in total. The van der Waals surface area contributed by atoms with Crippen molar-refractivity contribution < 1.29 is 9.59 Å². The lowest BCUT2D eigenvalue weighted by Gasteiger charge is -2.36. The Hall–Kier alpha value is -3.47. The highest BCUT2D eigenvalue weighted by molar-refractivity contribution is 5.95. The Kier molecular flexibility index (Phi) is 5.48. The van der Waals surface area contributed by atoms with Crippen LogP contribution in [0.25, 0.3) is 0 Å². The summed E-state index contributed by atoms with van der Waals surface area (Å²) < 4.78 is 0. The maximum atomic E-state index is 13.4. The molecule has 0 spiro atoms. The van der Waals surface area contributed by atoms with E-state index >= 15 is 0 Å². The molecular weight excluding hydrogens is 398 g/mol. The van der Waals surface area contributed by atoms with E-state index in [2.05, 4.69) is 41.4 Å². The molecule has 2 atom stereocenters. The van der Waals surface area contributed by atoms with Gasteiger partial charge in [-0.3, -0.25) is 14.6 Å². The minimum absolute atomic E-state index is 0.0143.